The molecule has 3 heteroatoms. The van der Waals surface area contributed by atoms with Gasteiger partial charge in [0.25, 0.3) is 0 Å². The molecular weight excluding hydrogens is 163 g/mol. The normalized spacial score (nSPS) is 19.7. The second-order valence-corrected chi connectivity index (χ2v) is 3.77. The average molecular weight is 170 g/mol. The number of carbonyl (C=O) groups excluding carboxylic acids is 1. The first kappa shape index (κ1) is 6.98. The molecule has 0 N–H and O–H groups in total. The van der Waals surface area contributed by atoms with Gasteiger partial charge in [0.15, 0.2) is 5.13 Å². The number of aldehydes is 1. The van der Waals surface area contributed by atoms with Gasteiger partial charge >= 0.3 is 0 Å². The summed E-state index contributed by atoms with van der Waals surface area (Å²) < 4.78 is 12.5. The highest BCUT2D eigenvalue weighted by atomic mass is 32.1. The molecule has 1 aliphatic rings. The molecule has 0 aliphatic heterocycles. The summed E-state index contributed by atoms with van der Waals surface area (Å²) in [5, 5.41) is 1.53. The predicted molar refractivity (Wildman–Crippen MR) is 41.3 cm³/mol. The van der Waals surface area contributed by atoms with Gasteiger partial charge in [0.05, 0.1) is 5.41 Å². The standard InChI is InChI=1S/C8H7FOS/c9-7-3-6(4-11-7)8(5-10)1-2-8/h3-5H,1-2H2. The third-order valence-electron chi connectivity index (χ3n) is 2.16. The number of thiophene rings is 1. The van der Waals surface area contributed by atoms with Gasteiger partial charge in [0, 0.05) is 0 Å². The van der Waals surface area contributed by atoms with Crippen molar-refractivity contribution < 1.29 is 9.18 Å². The van der Waals surface area contributed by atoms with Gasteiger partial charge in [-0.1, -0.05) is 0 Å². The fourth-order valence-corrected chi connectivity index (χ4v) is 1.92. The molecule has 1 saturated carbocycles. The molecule has 0 radical (unpaired) electrons. The van der Waals surface area contributed by atoms with E-state index >= 15 is 0 Å². The molecule has 0 saturated heterocycles. The van der Waals surface area contributed by atoms with Crippen molar-refractivity contribution in [3.05, 3.63) is 22.1 Å². The van der Waals surface area contributed by atoms with Crippen LogP contribution in [0.3, 0.4) is 0 Å². The molecule has 1 aliphatic carbocycles. The highest BCUT2D eigenvalue weighted by Crippen LogP contribution is 2.47. The van der Waals surface area contributed by atoms with E-state index in [9.17, 15) is 9.18 Å². The lowest BCUT2D eigenvalue weighted by atomic mass is 10.0. The number of hydrogen-bond acceptors (Lipinski definition) is 2. The molecule has 0 unspecified atom stereocenters. The van der Waals surface area contributed by atoms with E-state index in [1.54, 1.807) is 5.38 Å². The minimum Gasteiger partial charge on any atom is -0.302 e. The van der Waals surface area contributed by atoms with Crippen LogP contribution in [0.4, 0.5) is 4.39 Å². The maximum atomic E-state index is 12.5. The Labute approximate surface area is 67.9 Å². The van der Waals surface area contributed by atoms with Gasteiger partial charge in [0.1, 0.15) is 6.29 Å². The van der Waals surface area contributed by atoms with E-state index in [2.05, 4.69) is 0 Å². The van der Waals surface area contributed by atoms with Crippen LogP contribution in [0.25, 0.3) is 0 Å². The SMILES string of the molecule is O=CC1(c2csc(F)c2)CC1. The highest BCUT2D eigenvalue weighted by molar-refractivity contribution is 7.08. The zero-order valence-corrected chi connectivity index (χ0v) is 6.66. The van der Waals surface area contributed by atoms with E-state index < -0.39 is 0 Å². The number of halogens is 1. The monoisotopic (exact) mass is 170 g/mol. The maximum absolute atomic E-state index is 12.5. The van der Waals surface area contributed by atoms with Crippen LogP contribution in [0.15, 0.2) is 11.4 Å². The Bertz CT molecular complexity index is 288. The van der Waals surface area contributed by atoms with Crippen LogP contribution in [0, 0.1) is 5.13 Å². The Balaban J connectivity index is 2.36. The maximum Gasteiger partial charge on any atom is 0.176 e. The van der Waals surface area contributed by atoms with E-state index in [1.165, 1.54) is 6.07 Å². The van der Waals surface area contributed by atoms with Gasteiger partial charge in [-0.25, -0.2) is 0 Å². The van der Waals surface area contributed by atoms with Crippen LogP contribution >= 0.6 is 11.3 Å². The summed E-state index contributed by atoms with van der Waals surface area (Å²) in [5.41, 5.74) is 0.552. The molecule has 0 bridgehead atoms. The minimum absolute atomic E-state index is 0.201. The molecular formula is C8H7FOS. The molecule has 1 heterocycles. The molecule has 58 valence electrons. The second-order valence-electron chi connectivity index (χ2n) is 2.91. The lowest BCUT2D eigenvalue weighted by Gasteiger charge is -2.00. The number of carbonyl (C=O) groups is 1. The van der Waals surface area contributed by atoms with Crippen LogP contribution in [0.1, 0.15) is 18.4 Å². The van der Waals surface area contributed by atoms with Crippen LogP contribution in [0.5, 0.6) is 0 Å². The quantitative estimate of drug-likeness (QED) is 0.621. The van der Waals surface area contributed by atoms with E-state index in [-0.39, 0.29) is 10.5 Å². The zero-order valence-electron chi connectivity index (χ0n) is 5.84. The number of hydrogen-bond donors (Lipinski definition) is 0. The van der Waals surface area contributed by atoms with Gasteiger partial charge in [-0.3, -0.25) is 0 Å². The van der Waals surface area contributed by atoms with Crippen molar-refractivity contribution in [1.82, 2.24) is 0 Å². The minimum atomic E-state index is -0.305. The summed E-state index contributed by atoms with van der Waals surface area (Å²) in [5.74, 6) is 0. The summed E-state index contributed by atoms with van der Waals surface area (Å²) in [4.78, 5) is 10.6. The highest BCUT2D eigenvalue weighted by Gasteiger charge is 2.44. The van der Waals surface area contributed by atoms with Gasteiger partial charge < -0.3 is 4.79 Å². The molecule has 1 fully saturated rings. The van der Waals surface area contributed by atoms with E-state index in [4.69, 9.17) is 0 Å². The molecule has 0 amide bonds. The molecule has 1 aromatic rings. The Kier molecular flexibility index (Phi) is 1.36. The van der Waals surface area contributed by atoms with Crippen molar-refractivity contribution in [1.29, 1.82) is 0 Å². The van der Waals surface area contributed by atoms with Crippen LogP contribution in [-0.2, 0) is 10.2 Å². The molecule has 0 spiro atoms. The summed E-state index contributed by atoms with van der Waals surface area (Å²) in [6, 6.07) is 1.46. The largest absolute Gasteiger partial charge is 0.302 e. The molecule has 11 heavy (non-hydrogen) atoms. The molecule has 1 nitrogen and oxygen atoms in total. The van der Waals surface area contributed by atoms with Crippen LogP contribution in [0.2, 0.25) is 0 Å². The fraction of sp³-hybridized carbons (Fsp3) is 0.375. The molecule has 0 aromatic carbocycles. The van der Waals surface area contributed by atoms with E-state index in [0.29, 0.717) is 0 Å². The summed E-state index contributed by atoms with van der Waals surface area (Å²) in [6.45, 7) is 0. The fourth-order valence-electron chi connectivity index (χ4n) is 1.18. The Morgan fingerprint density at radius 2 is 2.36 bits per heavy atom. The van der Waals surface area contributed by atoms with Crippen molar-refractivity contribution in [3.8, 4) is 0 Å². The topological polar surface area (TPSA) is 17.1 Å². The molecule has 2 rings (SSSR count). The summed E-state index contributed by atoms with van der Waals surface area (Å²) in [6.07, 6.45) is 2.70. The third-order valence-corrected chi connectivity index (χ3v) is 2.87. The van der Waals surface area contributed by atoms with Gasteiger partial charge in [-0.15, -0.1) is 11.3 Å². The molecule has 1 aromatic heterocycles. The van der Waals surface area contributed by atoms with Crippen molar-refractivity contribution in [2.75, 3.05) is 0 Å². The number of rotatable bonds is 2. The zero-order chi connectivity index (χ0) is 7.90. The smallest absolute Gasteiger partial charge is 0.176 e. The average Bonchev–Trinajstić information content (AvgIpc) is 2.70. The van der Waals surface area contributed by atoms with E-state index in [0.717, 1.165) is 36.0 Å². The van der Waals surface area contributed by atoms with Crippen LogP contribution < -0.4 is 0 Å². The Hall–Kier alpha value is -0.700. The van der Waals surface area contributed by atoms with Crippen molar-refractivity contribution >= 4 is 17.6 Å². The van der Waals surface area contributed by atoms with Gasteiger partial charge in [-0.2, -0.15) is 4.39 Å². The second kappa shape index (κ2) is 2.14. The van der Waals surface area contributed by atoms with Crippen molar-refractivity contribution in [2.45, 2.75) is 18.3 Å². The molecule has 0 atom stereocenters. The van der Waals surface area contributed by atoms with Gasteiger partial charge in [-0.05, 0) is 29.9 Å². The lowest BCUT2D eigenvalue weighted by Crippen LogP contribution is -2.05. The first-order valence-electron chi connectivity index (χ1n) is 3.48. The summed E-state index contributed by atoms with van der Waals surface area (Å²) >= 11 is 1.06. The Morgan fingerprint density at radius 3 is 2.73 bits per heavy atom. The predicted octanol–water partition coefficient (Wildman–Crippen LogP) is 2.12. The van der Waals surface area contributed by atoms with Gasteiger partial charge in [0.2, 0.25) is 0 Å². The van der Waals surface area contributed by atoms with Crippen molar-refractivity contribution in [2.24, 2.45) is 0 Å². The van der Waals surface area contributed by atoms with E-state index in [1.807, 2.05) is 0 Å². The third kappa shape index (κ3) is 0.997. The summed E-state index contributed by atoms with van der Waals surface area (Å²) in [7, 11) is 0. The van der Waals surface area contributed by atoms with Crippen molar-refractivity contribution in [3.63, 3.8) is 0 Å². The lowest BCUT2D eigenvalue weighted by molar-refractivity contribution is -0.109. The first-order chi connectivity index (χ1) is 5.27. The first-order valence-corrected chi connectivity index (χ1v) is 4.36. The van der Waals surface area contributed by atoms with Crippen LogP contribution in [-0.4, -0.2) is 6.29 Å². The Morgan fingerprint density at radius 1 is 1.64 bits per heavy atom.